The molecule has 0 bridgehead atoms. The Hall–Kier alpha value is -1.58. The van der Waals surface area contributed by atoms with E-state index in [-0.39, 0.29) is 6.04 Å². The van der Waals surface area contributed by atoms with E-state index in [0.29, 0.717) is 5.02 Å². The minimum atomic E-state index is 0.204. The van der Waals surface area contributed by atoms with Gasteiger partial charge in [0.15, 0.2) is 0 Å². The van der Waals surface area contributed by atoms with Gasteiger partial charge in [-0.2, -0.15) is 0 Å². The molecule has 0 spiro atoms. The Morgan fingerprint density at radius 2 is 2.20 bits per heavy atom. The van der Waals surface area contributed by atoms with Crippen molar-refractivity contribution >= 4 is 11.6 Å². The Bertz CT molecular complexity index is 560. The third-order valence-corrected chi connectivity index (χ3v) is 3.57. The second-order valence-corrected chi connectivity index (χ2v) is 4.97. The Morgan fingerprint density at radius 1 is 1.35 bits per heavy atom. The van der Waals surface area contributed by atoms with Gasteiger partial charge in [-0.1, -0.05) is 30.7 Å². The minimum Gasteiger partial charge on any atom is -0.497 e. The lowest BCUT2D eigenvalue weighted by Gasteiger charge is -2.19. The number of likely N-dealkylation sites (N-methyl/N-ethyl adjacent to an activating group) is 1. The number of nitrogens with zero attached hydrogens (tertiary/aromatic N) is 1. The van der Waals surface area contributed by atoms with Gasteiger partial charge in [-0.15, -0.1) is 0 Å². The molecule has 0 aliphatic heterocycles. The van der Waals surface area contributed by atoms with E-state index < -0.39 is 0 Å². The molecule has 0 amide bonds. The molecule has 2 rings (SSSR count). The zero-order valence-corrected chi connectivity index (χ0v) is 12.5. The largest absolute Gasteiger partial charge is 0.497 e. The Labute approximate surface area is 124 Å². The summed E-state index contributed by atoms with van der Waals surface area (Å²) in [7, 11) is 1.68. The molecule has 4 heteroatoms. The monoisotopic (exact) mass is 290 g/mol. The zero-order valence-electron chi connectivity index (χ0n) is 11.8. The molecule has 1 aromatic carbocycles. The van der Waals surface area contributed by atoms with Crippen LogP contribution in [0.25, 0.3) is 0 Å². The summed E-state index contributed by atoms with van der Waals surface area (Å²) in [6, 6.07) is 10.3. The van der Waals surface area contributed by atoms with Crippen molar-refractivity contribution in [3.05, 3.63) is 58.9 Å². The molecular formula is C16H19ClN2O. The van der Waals surface area contributed by atoms with Gasteiger partial charge in [-0.25, -0.2) is 0 Å². The van der Waals surface area contributed by atoms with E-state index in [4.69, 9.17) is 16.3 Å². The molecule has 3 nitrogen and oxygen atoms in total. The lowest BCUT2D eigenvalue weighted by Crippen LogP contribution is -2.23. The predicted octanol–water partition coefficient (Wildman–Crippen LogP) is 3.64. The molecule has 1 atom stereocenters. The highest BCUT2D eigenvalue weighted by atomic mass is 35.5. The van der Waals surface area contributed by atoms with Gasteiger partial charge in [0.1, 0.15) is 5.75 Å². The highest BCUT2D eigenvalue weighted by Crippen LogP contribution is 2.25. The third kappa shape index (κ3) is 3.71. The molecule has 106 valence electrons. The van der Waals surface area contributed by atoms with E-state index in [0.717, 1.165) is 24.3 Å². The molecule has 0 saturated carbocycles. The highest BCUT2D eigenvalue weighted by molar-refractivity contribution is 6.31. The van der Waals surface area contributed by atoms with Crippen LogP contribution in [-0.2, 0) is 6.42 Å². The number of nitrogens with one attached hydrogen (secondary N) is 1. The fourth-order valence-electron chi connectivity index (χ4n) is 2.20. The van der Waals surface area contributed by atoms with Crippen molar-refractivity contribution in [2.75, 3.05) is 13.7 Å². The van der Waals surface area contributed by atoms with Crippen LogP contribution in [-0.4, -0.2) is 18.6 Å². The molecule has 0 radical (unpaired) electrons. The minimum absolute atomic E-state index is 0.204. The van der Waals surface area contributed by atoms with Crippen molar-refractivity contribution in [1.82, 2.24) is 10.3 Å². The SMILES string of the molecule is CCNC(Cc1ccncc1Cl)c1cccc(OC)c1. The number of benzene rings is 1. The fraction of sp³-hybridized carbons (Fsp3) is 0.312. The van der Waals surface area contributed by atoms with Crippen molar-refractivity contribution in [2.45, 2.75) is 19.4 Å². The number of methoxy groups -OCH3 is 1. The molecule has 20 heavy (non-hydrogen) atoms. The Balaban J connectivity index is 2.24. The molecule has 0 saturated heterocycles. The second kappa shape index (κ2) is 7.27. The fourth-order valence-corrected chi connectivity index (χ4v) is 2.40. The number of pyridine rings is 1. The van der Waals surface area contributed by atoms with Crippen LogP contribution in [0, 0.1) is 0 Å². The van der Waals surface area contributed by atoms with Gasteiger partial charge in [0, 0.05) is 18.4 Å². The van der Waals surface area contributed by atoms with Crippen molar-refractivity contribution in [3.63, 3.8) is 0 Å². The summed E-state index contributed by atoms with van der Waals surface area (Å²) in [6.07, 6.45) is 4.28. The topological polar surface area (TPSA) is 34.2 Å². The first-order chi connectivity index (χ1) is 9.74. The van der Waals surface area contributed by atoms with Crippen LogP contribution >= 0.6 is 11.6 Å². The number of hydrogen-bond acceptors (Lipinski definition) is 3. The first-order valence-electron chi connectivity index (χ1n) is 6.70. The van der Waals surface area contributed by atoms with Crippen molar-refractivity contribution in [3.8, 4) is 5.75 Å². The molecule has 1 aromatic heterocycles. The van der Waals surface area contributed by atoms with Gasteiger partial charge in [0.2, 0.25) is 0 Å². The van der Waals surface area contributed by atoms with Gasteiger partial charge in [0.05, 0.1) is 12.1 Å². The van der Waals surface area contributed by atoms with Crippen LogP contribution in [0.4, 0.5) is 0 Å². The first-order valence-corrected chi connectivity index (χ1v) is 7.08. The second-order valence-electron chi connectivity index (χ2n) is 4.56. The average Bonchev–Trinajstić information content (AvgIpc) is 2.49. The van der Waals surface area contributed by atoms with E-state index in [1.54, 1.807) is 19.5 Å². The van der Waals surface area contributed by atoms with E-state index in [1.165, 1.54) is 5.56 Å². The normalized spacial score (nSPS) is 12.2. The maximum Gasteiger partial charge on any atom is 0.119 e. The molecular weight excluding hydrogens is 272 g/mol. The average molecular weight is 291 g/mol. The molecule has 0 fully saturated rings. The highest BCUT2D eigenvalue weighted by Gasteiger charge is 2.13. The zero-order chi connectivity index (χ0) is 14.4. The van der Waals surface area contributed by atoms with Crippen LogP contribution in [0.5, 0.6) is 5.75 Å². The smallest absolute Gasteiger partial charge is 0.119 e. The summed E-state index contributed by atoms with van der Waals surface area (Å²) in [6.45, 7) is 2.99. The number of aromatic nitrogens is 1. The van der Waals surface area contributed by atoms with Gasteiger partial charge in [-0.05, 0) is 42.3 Å². The van der Waals surface area contributed by atoms with Crippen molar-refractivity contribution < 1.29 is 4.74 Å². The lowest BCUT2D eigenvalue weighted by molar-refractivity contribution is 0.413. The summed E-state index contributed by atoms with van der Waals surface area (Å²) in [5.41, 5.74) is 2.29. The van der Waals surface area contributed by atoms with E-state index in [1.807, 2.05) is 18.2 Å². The van der Waals surface area contributed by atoms with Crippen LogP contribution in [0.2, 0.25) is 5.02 Å². The van der Waals surface area contributed by atoms with Crippen LogP contribution in [0.1, 0.15) is 24.1 Å². The van der Waals surface area contributed by atoms with Gasteiger partial charge >= 0.3 is 0 Å². The summed E-state index contributed by atoms with van der Waals surface area (Å²) >= 11 is 6.20. The van der Waals surface area contributed by atoms with Crippen molar-refractivity contribution in [1.29, 1.82) is 0 Å². The number of ether oxygens (including phenoxy) is 1. The predicted molar refractivity (Wildman–Crippen MR) is 82.4 cm³/mol. The van der Waals surface area contributed by atoms with Gasteiger partial charge < -0.3 is 10.1 Å². The Morgan fingerprint density at radius 3 is 2.90 bits per heavy atom. The summed E-state index contributed by atoms with van der Waals surface area (Å²) < 4.78 is 5.29. The van der Waals surface area contributed by atoms with Crippen LogP contribution in [0.3, 0.4) is 0 Å². The number of hydrogen-bond donors (Lipinski definition) is 1. The third-order valence-electron chi connectivity index (χ3n) is 3.23. The Kier molecular flexibility index (Phi) is 5.39. The van der Waals surface area contributed by atoms with Gasteiger partial charge in [0.25, 0.3) is 0 Å². The van der Waals surface area contributed by atoms with E-state index in [9.17, 15) is 0 Å². The number of rotatable bonds is 6. The van der Waals surface area contributed by atoms with Crippen molar-refractivity contribution in [2.24, 2.45) is 0 Å². The molecule has 0 aliphatic carbocycles. The maximum atomic E-state index is 6.20. The molecule has 1 unspecified atom stereocenters. The van der Waals surface area contributed by atoms with Crippen LogP contribution in [0.15, 0.2) is 42.7 Å². The summed E-state index contributed by atoms with van der Waals surface area (Å²) in [5, 5.41) is 4.20. The molecule has 0 aliphatic rings. The number of halogens is 1. The van der Waals surface area contributed by atoms with Crippen LogP contribution < -0.4 is 10.1 Å². The summed E-state index contributed by atoms with van der Waals surface area (Å²) in [4.78, 5) is 4.03. The standard InChI is InChI=1S/C16H19ClN2O/c1-3-19-16(10-12-7-8-18-11-15(12)17)13-5-4-6-14(9-13)20-2/h4-9,11,16,19H,3,10H2,1-2H3. The van der Waals surface area contributed by atoms with E-state index in [2.05, 4.69) is 29.4 Å². The van der Waals surface area contributed by atoms with E-state index >= 15 is 0 Å². The summed E-state index contributed by atoms with van der Waals surface area (Å²) in [5.74, 6) is 0.867. The molecule has 2 aromatic rings. The molecule has 1 N–H and O–H groups in total. The quantitative estimate of drug-likeness (QED) is 0.882. The maximum absolute atomic E-state index is 6.20. The van der Waals surface area contributed by atoms with Gasteiger partial charge in [-0.3, -0.25) is 4.98 Å². The molecule has 1 heterocycles. The first kappa shape index (κ1) is 14.8. The lowest BCUT2D eigenvalue weighted by atomic mass is 9.99.